The van der Waals surface area contributed by atoms with Gasteiger partial charge in [-0.2, -0.15) is 0 Å². The van der Waals surface area contributed by atoms with E-state index < -0.39 is 6.10 Å². The Morgan fingerprint density at radius 1 is 1.29 bits per heavy atom. The molecule has 1 fully saturated rings. The molecule has 0 bridgehead atoms. The third-order valence-electron chi connectivity index (χ3n) is 3.98. The normalized spacial score (nSPS) is 22.1. The molecule has 21 heavy (non-hydrogen) atoms. The molecule has 6 heteroatoms. The number of hydrogen-bond donors (Lipinski definition) is 3. The van der Waals surface area contributed by atoms with Gasteiger partial charge in [0.15, 0.2) is 0 Å². The predicted molar refractivity (Wildman–Crippen MR) is 79.7 cm³/mol. The lowest BCUT2D eigenvalue weighted by molar-refractivity contribution is 0.0717. The van der Waals surface area contributed by atoms with E-state index in [0.29, 0.717) is 16.9 Å². The second kappa shape index (κ2) is 5.65. The van der Waals surface area contributed by atoms with Crippen LogP contribution in [0.4, 0.5) is 5.82 Å². The first kappa shape index (κ1) is 13.8. The summed E-state index contributed by atoms with van der Waals surface area (Å²) < 4.78 is 0. The molecule has 6 nitrogen and oxygen atoms in total. The van der Waals surface area contributed by atoms with Gasteiger partial charge < -0.3 is 16.2 Å². The van der Waals surface area contributed by atoms with Crippen LogP contribution in [0.5, 0.6) is 0 Å². The van der Waals surface area contributed by atoms with Crippen molar-refractivity contribution in [3.8, 4) is 0 Å². The molecule has 1 aromatic heterocycles. The van der Waals surface area contributed by atoms with Crippen molar-refractivity contribution in [2.45, 2.75) is 37.8 Å². The van der Waals surface area contributed by atoms with Crippen molar-refractivity contribution in [3.63, 3.8) is 0 Å². The lowest BCUT2D eigenvalue weighted by atomic mass is 9.92. The molecule has 1 heterocycles. The fraction of sp³-hybridized carbons (Fsp3) is 0.400. The maximum atomic E-state index is 12.3. The highest BCUT2D eigenvalue weighted by Gasteiger charge is 2.24. The van der Waals surface area contributed by atoms with Crippen LogP contribution in [0.1, 0.15) is 36.0 Å². The Hall–Kier alpha value is -2.21. The number of benzene rings is 1. The fourth-order valence-electron chi connectivity index (χ4n) is 2.75. The predicted octanol–water partition coefficient (Wildman–Crippen LogP) is 1.25. The van der Waals surface area contributed by atoms with Gasteiger partial charge in [-0.25, -0.2) is 9.97 Å². The van der Waals surface area contributed by atoms with Crippen LogP contribution in [0.25, 0.3) is 10.9 Å². The lowest BCUT2D eigenvalue weighted by Crippen LogP contribution is -2.45. The number of carbonyl (C=O) groups excluding carboxylic acids is 1. The number of nitrogens with one attached hydrogen (secondary N) is 1. The largest absolute Gasteiger partial charge is 0.391 e. The molecular weight excluding hydrogens is 268 g/mol. The van der Waals surface area contributed by atoms with Crippen molar-refractivity contribution < 1.29 is 9.90 Å². The number of rotatable bonds is 2. The fourth-order valence-corrected chi connectivity index (χ4v) is 2.75. The Bertz CT molecular complexity index is 674. The molecule has 2 atom stereocenters. The molecule has 4 N–H and O–H groups in total. The van der Waals surface area contributed by atoms with Crippen LogP contribution in [0.3, 0.4) is 0 Å². The number of nitrogens with zero attached hydrogens (tertiary/aromatic N) is 2. The maximum Gasteiger partial charge on any atom is 0.251 e. The lowest BCUT2D eigenvalue weighted by Gasteiger charge is -2.28. The number of anilines is 1. The molecule has 3 rings (SSSR count). The summed E-state index contributed by atoms with van der Waals surface area (Å²) in [6.45, 7) is 0. The van der Waals surface area contributed by atoms with Crippen molar-refractivity contribution in [2.75, 3.05) is 5.73 Å². The van der Waals surface area contributed by atoms with E-state index in [-0.39, 0.29) is 11.9 Å². The molecule has 1 aliphatic carbocycles. The smallest absolute Gasteiger partial charge is 0.251 e. The van der Waals surface area contributed by atoms with Gasteiger partial charge in [0.2, 0.25) is 0 Å². The maximum absolute atomic E-state index is 12.3. The summed E-state index contributed by atoms with van der Waals surface area (Å²) in [6, 6.07) is 4.97. The Labute approximate surface area is 122 Å². The molecule has 2 aromatic rings. The van der Waals surface area contributed by atoms with Crippen molar-refractivity contribution in [1.29, 1.82) is 0 Å². The van der Waals surface area contributed by atoms with Gasteiger partial charge in [-0.15, -0.1) is 0 Å². The van der Waals surface area contributed by atoms with Gasteiger partial charge in [-0.1, -0.05) is 12.8 Å². The highest BCUT2D eigenvalue weighted by Crippen LogP contribution is 2.20. The number of amides is 1. The second-order valence-electron chi connectivity index (χ2n) is 5.42. The SMILES string of the molecule is Nc1ncnc2cc(C(=O)N[C@H]3CCCC[C@@H]3O)ccc12. The molecule has 1 aromatic carbocycles. The van der Waals surface area contributed by atoms with Crippen LogP contribution in [-0.4, -0.2) is 33.1 Å². The molecular formula is C15H18N4O2. The number of hydrogen-bond acceptors (Lipinski definition) is 5. The van der Waals surface area contributed by atoms with E-state index in [2.05, 4.69) is 15.3 Å². The van der Waals surface area contributed by atoms with Gasteiger partial charge in [0.1, 0.15) is 12.1 Å². The number of aromatic nitrogens is 2. The summed E-state index contributed by atoms with van der Waals surface area (Å²) in [7, 11) is 0. The summed E-state index contributed by atoms with van der Waals surface area (Å²) >= 11 is 0. The quantitative estimate of drug-likeness (QED) is 0.771. The van der Waals surface area contributed by atoms with Gasteiger partial charge >= 0.3 is 0 Å². The molecule has 0 radical (unpaired) electrons. The minimum Gasteiger partial charge on any atom is -0.391 e. The average molecular weight is 286 g/mol. The first-order chi connectivity index (χ1) is 10.1. The van der Waals surface area contributed by atoms with E-state index in [0.717, 1.165) is 31.1 Å². The highest BCUT2D eigenvalue weighted by atomic mass is 16.3. The van der Waals surface area contributed by atoms with Gasteiger partial charge in [0.05, 0.1) is 17.7 Å². The molecule has 0 aliphatic heterocycles. The summed E-state index contributed by atoms with van der Waals surface area (Å²) in [5.74, 6) is 0.203. The monoisotopic (exact) mass is 286 g/mol. The number of nitrogens with two attached hydrogens (primary N) is 1. The molecule has 0 unspecified atom stereocenters. The second-order valence-corrected chi connectivity index (χ2v) is 5.42. The molecule has 1 amide bonds. The van der Waals surface area contributed by atoms with Crippen LogP contribution in [0, 0.1) is 0 Å². The molecule has 0 saturated heterocycles. The van der Waals surface area contributed by atoms with E-state index in [4.69, 9.17) is 5.73 Å². The van der Waals surface area contributed by atoms with Crippen molar-refractivity contribution in [1.82, 2.24) is 15.3 Å². The first-order valence-electron chi connectivity index (χ1n) is 7.14. The summed E-state index contributed by atoms with van der Waals surface area (Å²) in [5.41, 5.74) is 6.92. The zero-order chi connectivity index (χ0) is 14.8. The Morgan fingerprint density at radius 2 is 2.10 bits per heavy atom. The van der Waals surface area contributed by atoms with Crippen LogP contribution >= 0.6 is 0 Å². The number of carbonyl (C=O) groups is 1. The Balaban J connectivity index is 1.81. The van der Waals surface area contributed by atoms with Crippen LogP contribution < -0.4 is 11.1 Å². The zero-order valence-electron chi connectivity index (χ0n) is 11.6. The minimum absolute atomic E-state index is 0.169. The topological polar surface area (TPSA) is 101 Å². The molecule has 110 valence electrons. The van der Waals surface area contributed by atoms with Gasteiger partial charge in [0.25, 0.3) is 5.91 Å². The molecule has 1 aliphatic rings. The third kappa shape index (κ3) is 2.80. The van der Waals surface area contributed by atoms with E-state index >= 15 is 0 Å². The number of aliphatic hydroxyl groups excluding tert-OH is 1. The minimum atomic E-state index is -0.457. The molecule has 0 spiro atoms. The Morgan fingerprint density at radius 3 is 2.90 bits per heavy atom. The van der Waals surface area contributed by atoms with Crippen molar-refractivity contribution >= 4 is 22.6 Å². The molecule has 1 saturated carbocycles. The van der Waals surface area contributed by atoms with Gasteiger partial charge in [-0.3, -0.25) is 4.79 Å². The highest BCUT2D eigenvalue weighted by molar-refractivity contribution is 5.99. The van der Waals surface area contributed by atoms with Crippen molar-refractivity contribution in [3.05, 3.63) is 30.1 Å². The summed E-state index contributed by atoms with van der Waals surface area (Å²) in [4.78, 5) is 20.3. The van der Waals surface area contributed by atoms with Gasteiger partial charge in [-0.05, 0) is 31.0 Å². The Kier molecular flexibility index (Phi) is 3.70. The third-order valence-corrected chi connectivity index (χ3v) is 3.98. The standard InChI is InChI=1S/C15H18N4O2/c16-14-10-6-5-9(7-12(10)17-8-18-14)15(21)19-11-3-1-2-4-13(11)20/h5-8,11,13,20H,1-4H2,(H,19,21)(H2,16,17,18)/t11-,13-/m0/s1. The van der Waals surface area contributed by atoms with E-state index in [1.165, 1.54) is 6.33 Å². The summed E-state index contributed by atoms with van der Waals surface area (Å²) in [6.07, 6.45) is 4.52. The van der Waals surface area contributed by atoms with Crippen LogP contribution in [-0.2, 0) is 0 Å². The van der Waals surface area contributed by atoms with E-state index in [9.17, 15) is 9.90 Å². The van der Waals surface area contributed by atoms with E-state index in [1.54, 1.807) is 18.2 Å². The van der Waals surface area contributed by atoms with Gasteiger partial charge in [0, 0.05) is 10.9 Å². The number of fused-ring (bicyclic) bond motifs is 1. The van der Waals surface area contributed by atoms with Crippen LogP contribution in [0.15, 0.2) is 24.5 Å². The average Bonchev–Trinajstić information content (AvgIpc) is 2.49. The summed E-state index contributed by atoms with van der Waals surface area (Å²) in [5, 5.41) is 13.6. The first-order valence-corrected chi connectivity index (χ1v) is 7.14. The van der Waals surface area contributed by atoms with E-state index in [1.807, 2.05) is 0 Å². The number of nitrogen functional groups attached to an aromatic ring is 1. The zero-order valence-corrected chi connectivity index (χ0v) is 11.6. The van der Waals surface area contributed by atoms with Crippen molar-refractivity contribution in [2.24, 2.45) is 0 Å². The van der Waals surface area contributed by atoms with Crippen LogP contribution in [0.2, 0.25) is 0 Å². The number of aliphatic hydroxyl groups is 1.